The summed E-state index contributed by atoms with van der Waals surface area (Å²) < 4.78 is 9.14. The average molecular weight is 495 g/mol. The van der Waals surface area contributed by atoms with Crippen LogP contribution < -0.4 is 21.9 Å². The molecular formula is C24H30N8O4. The van der Waals surface area contributed by atoms with Crippen molar-refractivity contribution in [2.24, 2.45) is 5.73 Å². The Labute approximate surface area is 207 Å². The van der Waals surface area contributed by atoms with Crippen LogP contribution in [-0.2, 0) is 29.2 Å². The quantitative estimate of drug-likeness (QED) is 0.443. The number of nitrogens with zero attached hydrogens (tertiary/aromatic N) is 7. The molecule has 0 spiro atoms. The Bertz CT molecular complexity index is 1430. The van der Waals surface area contributed by atoms with Crippen LogP contribution in [0, 0.1) is 11.3 Å². The van der Waals surface area contributed by atoms with E-state index in [0.717, 1.165) is 17.4 Å². The lowest BCUT2D eigenvalue weighted by atomic mass is 10.1. The van der Waals surface area contributed by atoms with Crippen LogP contribution in [0.1, 0.15) is 44.4 Å². The first-order valence-corrected chi connectivity index (χ1v) is 12.1. The molecule has 1 fully saturated rings. The van der Waals surface area contributed by atoms with Crippen molar-refractivity contribution >= 4 is 23.1 Å². The third-order valence-corrected chi connectivity index (χ3v) is 6.22. The number of nitriles is 1. The summed E-state index contributed by atoms with van der Waals surface area (Å²) in [5, 5.41) is 9.46. The fourth-order valence-corrected chi connectivity index (χ4v) is 4.50. The number of aromatic nitrogens is 5. The molecule has 3 aromatic rings. The fourth-order valence-electron chi connectivity index (χ4n) is 4.50. The van der Waals surface area contributed by atoms with Gasteiger partial charge < -0.3 is 19.9 Å². The molecule has 1 aliphatic heterocycles. The van der Waals surface area contributed by atoms with E-state index < -0.39 is 23.8 Å². The van der Waals surface area contributed by atoms with Crippen molar-refractivity contribution in [2.75, 3.05) is 24.6 Å². The summed E-state index contributed by atoms with van der Waals surface area (Å²) in [6.07, 6.45) is 3.91. The summed E-state index contributed by atoms with van der Waals surface area (Å²) >= 11 is 0. The highest BCUT2D eigenvalue weighted by Crippen LogP contribution is 2.23. The molecular weight excluding hydrogens is 464 g/mol. The van der Waals surface area contributed by atoms with Crippen molar-refractivity contribution in [1.82, 2.24) is 23.7 Å². The van der Waals surface area contributed by atoms with Crippen LogP contribution in [0.2, 0.25) is 0 Å². The SMILES string of the molecule is CCCOC(=O)Cn1c(=O)n(Cc2ncccc2C#N)c(=O)c2c1nc(N1CCCC(N)C1)n2CC. The highest BCUT2D eigenvalue weighted by molar-refractivity contribution is 5.77. The molecule has 3 aromatic heterocycles. The molecule has 0 aliphatic carbocycles. The maximum atomic E-state index is 13.7. The molecule has 0 bridgehead atoms. The number of esters is 1. The Hall–Kier alpha value is -3.98. The Morgan fingerprint density at radius 3 is 2.78 bits per heavy atom. The largest absolute Gasteiger partial charge is 0.464 e. The van der Waals surface area contributed by atoms with Gasteiger partial charge in [0.25, 0.3) is 5.56 Å². The van der Waals surface area contributed by atoms with Crippen molar-refractivity contribution < 1.29 is 9.53 Å². The van der Waals surface area contributed by atoms with Crippen LogP contribution in [0.4, 0.5) is 5.95 Å². The van der Waals surface area contributed by atoms with Gasteiger partial charge in [-0.15, -0.1) is 0 Å². The number of hydrogen-bond acceptors (Lipinski definition) is 9. The number of nitrogens with two attached hydrogens (primary N) is 1. The molecule has 4 heterocycles. The van der Waals surface area contributed by atoms with Crippen molar-refractivity contribution in [3.8, 4) is 6.07 Å². The summed E-state index contributed by atoms with van der Waals surface area (Å²) in [5.74, 6) is -0.0725. The van der Waals surface area contributed by atoms with E-state index in [9.17, 15) is 19.6 Å². The van der Waals surface area contributed by atoms with Crippen LogP contribution in [-0.4, -0.2) is 55.4 Å². The normalized spacial score (nSPS) is 15.7. The van der Waals surface area contributed by atoms with Gasteiger partial charge in [-0.25, -0.2) is 4.79 Å². The number of imidazole rings is 1. The van der Waals surface area contributed by atoms with E-state index in [4.69, 9.17) is 10.5 Å². The number of piperidine rings is 1. The summed E-state index contributed by atoms with van der Waals surface area (Å²) in [6, 6.07) is 5.19. The standard InChI is InChI=1S/C24H30N8O4/c1-3-11-36-19(33)15-31-21-20(30(4-2)23(28-21)29-10-6-8-17(26)13-29)22(34)32(24(31)35)14-18-16(12-25)7-5-9-27-18/h5,7,9,17H,3-4,6,8,10-11,13-15,26H2,1-2H3. The lowest BCUT2D eigenvalue weighted by molar-refractivity contribution is -0.144. The summed E-state index contributed by atoms with van der Waals surface area (Å²) in [6.45, 7) is 5.05. The Morgan fingerprint density at radius 2 is 2.08 bits per heavy atom. The van der Waals surface area contributed by atoms with E-state index in [1.54, 1.807) is 16.7 Å². The second-order valence-corrected chi connectivity index (χ2v) is 8.77. The third kappa shape index (κ3) is 4.74. The van der Waals surface area contributed by atoms with E-state index in [1.165, 1.54) is 10.8 Å². The Kier molecular flexibility index (Phi) is 7.49. The molecule has 0 amide bonds. The molecule has 12 heteroatoms. The Morgan fingerprint density at radius 1 is 1.28 bits per heavy atom. The van der Waals surface area contributed by atoms with Gasteiger partial charge in [0, 0.05) is 31.9 Å². The molecule has 1 atom stereocenters. The maximum Gasteiger partial charge on any atom is 0.333 e. The second kappa shape index (κ2) is 10.7. The lowest BCUT2D eigenvalue weighted by Gasteiger charge is -2.31. The zero-order valence-corrected chi connectivity index (χ0v) is 20.5. The second-order valence-electron chi connectivity index (χ2n) is 8.77. The summed E-state index contributed by atoms with van der Waals surface area (Å²) in [4.78, 5) is 50.7. The van der Waals surface area contributed by atoms with Gasteiger partial charge in [-0.3, -0.25) is 23.7 Å². The van der Waals surface area contributed by atoms with Gasteiger partial charge in [0.15, 0.2) is 11.2 Å². The molecule has 12 nitrogen and oxygen atoms in total. The number of rotatable bonds is 8. The van der Waals surface area contributed by atoms with Crippen LogP contribution in [0.15, 0.2) is 27.9 Å². The fraction of sp³-hybridized carbons (Fsp3) is 0.500. The maximum absolute atomic E-state index is 13.7. The van der Waals surface area contributed by atoms with Crippen LogP contribution in [0.3, 0.4) is 0 Å². The molecule has 0 saturated carbocycles. The van der Waals surface area contributed by atoms with E-state index in [2.05, 4.69) is 9.97 Å². The van der Waals surface area contributed by atoms with Crippen molar-refractivity contribution in [2.45, 2.75) is 58.8 Å². The first kappa shape index (κ1) is 25.1. The van der Waals surface area contributed by atoms with E-state index in [1.807, 2.05) is 24.8 Å². The summed E-state index contributed by atoms with van der Waals surface area (Å²) in [5.41, 5.74) is 5.75. The first-order valence-electron chi connectivity index (χ1n) is 12.1. The number of hydrogen-bond donors (Lipinski definition) is 1. The molecule has 2 N–H and O–H groups in total. The number of ether oxygens (including phenoxy) is 1. The average Bonchev–Trinajstić information content (AvgIpc) is 3.28. The number of fused-ring (bicyclic) bond motifs is 1. The van der Waals surface area contributed by atoms with Crippen molar-refractivity contribution in [1.29, 1.82) is 5.26 Å². The summed E-state index contributed by atoms with van der Waals surface area (Å²) in [7, 11) is 0. The molecule has 1 unspecified atom stereocenters. The van der Waals surface area contributed by atoms with Gasteiger partial charge in [0.1, 0.15) is 12.6 Å². The van der Waals surface area contributed by atoms with Gasteiger partial charge in [0.2, 0.25) is 5.95 Å². The van der Waals surface area contributed by atoms with Gasteiger partial charge in [-0.2, -0.15) is 10.2 Å². The van der Waals surface area contributed by atoms with Gasteiger partial charge >= 0.3 is 11.7 Å². The predicted molar refractivity (Wildman–Crippen MR) is 133 cm³/mol. The molecule has 1 aliphatic rings. The number of anilines is 1. The first-order chi connectivity index (χ1) is 17.4. The van der Waals surface area contributed by atoms with E-state index in [-0.39, 0.29) is 41.6 Å². The predicted octanol–water partition coefficient (Wildman–Crippen LogP) is 0.575. The monoisotopic (exact) mass is 494 g/mol. The van der Waals surface area contributed by atoms with Crippen LogP contribution in [0.5, 0.6) is 0 Å². The van der Waals surface area contributed by atoms with Gasteiger partial charge in [0.05, 0.1) is 24.4 Å². The zero-order chi connectivity index (χ0) is 25.8. The topological polar surface area (TPSA) is 154 Å². The van der Waals surface area contributed by atoms with Crippen LogP contribution >= 0.6 is 0 Å². The number of pyridine rings is 1. The van der Waals surface area contributed by atoms with Gasteiger partial charge in [-0.1, -0.05) is 6.92 Å². The van der Waals surface area contributed by atoms with Crippen molar-refractivity contribution in [3.63, 3.8) is 0 Å². The van der Waals surface area contributed by atoms with E-state index >= 15 is 0 Å². The molecule has 1 saturated heterocycles. The highest BCUT2D eigenvalue weighted by Gasteiger charge is 2.27. The molecule has 36 heavy (non-hydrogen) atoms. The molecule has 0 aromatic carbocycles. The minimum atomic E-state index is -0.724. The Balaban J connectivity index is 1.94. The number of aryl methyl sites for hydroxylation is 1. The molecule has 4 rings (SSSR count). The molecule has 0 radical (unpaired) electrons. The minimum Gasteiger partial charge on any atom is -0.464 e. The smallest absolute Gasteiger partial charge is 0.333 e. The van der Waals surface area contributed by atoms with E-state index in [0.29, 0.717) is 32.0 Å². The zero-order valence-electron chi connectivity index (χ0n) is 20.5. The van der Waals surface area contributed by atoms with Crippen molar-refractivity contribution in [3.05, 3.63) is 50.4 Å². The number of carbonyl (C=O) groups is 1. The highest BCUT2D eigenvalue weighted by atomic mass is 16.5. The number of carbonyl (C=O) groups excluding carboxylic acids is 1. The third-order valence-electron chi connectivity index (χ3n) is 6.22. The molecule has 190 valence electrons. The van der Waals surface area contributed by atoms with Crippen LogP contribution in [0.25, 0.3) is 11.2 Å². The lowest BCUT2D eigenvalue weighted by Crippen LogP contribution is -2.44. The van der Waals surface area contributed by atoms with Gasteiger partial charge in [-0.05, 0) is 38.3 Å². The minimum absolute atomic E-state index is 0.0275.